The molecule has 18 heavy (non-hydrogen) atoms. The first-order valence-corrected chi connectivity index (χ1v) is 6.46. The third kappa shape index (κ3) is 3.28. The van der Waals surface area contributed by atoms with Gasteiger partial charge < -0.3 is 10.7 Å². The minimum atomic E-state index is -0.192. The van der Waals surface area contributed by atoms with E-state index < -0.39 is 0 Å². The van der Waals surface area contributed by atoms with Gasteiger partial charge in [-0.2, -0.15) is 11.3 Å². The molecule has 0 saturated carbocycles. The van der Waals surface area contributed by atoms with Crippen molar-refractivity contribution >= 4 is 22.9 Å². The maximum absolute atomic E-state index is 11.8. The second kappa shape index (κ2) is 6.13. The molecule has 2 aromatic heterocycles. The lowest BCUT2D eigenvalue weighted by atomic mass is 10.2. The number of carbonyl (C=O) groups excluding carboxylic acids is 1. The van der Waals surface area contributed by atoms with E-state index in [1.807, 2.05) is 11.4 Å². The van der Waals surface area contributed by atoms with E-state index in [9.17, 15) is 4.79 Å². The van der Waals surface area contributed by atoms with E-state index in [2.05, 4.69) is 21.1 Å². The van der Waals surface area contributed by atoms with Crippen LogP contribution < -0.4 is 16.6 Å². The number of pyridine rings is 1. The molecule has 0 aliphatic carbocycles. The molecule has 2 rings (SSSR count). The van der Waals surface area contributed by atoms with E-state index in [4.69, 9.17) is 5.84 Å². The van der Waals surface area contributed by atoms with Crippen LogP contribution in [0.4, 0.5) is 5.69 Å². The summed E-state index contributed by atoms with van der Waals surface area (Å²) in [6, 6.07) is 5.36. The van der Waals surface area contributed by atoms with Crippen LogP contribution in [0, 0.1) is 0 Å². The molecule has 2 aromatic rings. The Morgan fingerprint density at radius 3 is 3.06 bits per heavy atom. The molecular weight excluding hydrogens is 248 g/mol. The molecule has 0 atom stereocenters. The molecular formula is C12H14N4OS. The summed E-state index contributed by atoms with van der Waals surface area (Å²) >= 11 is 1.65. The zero-order chi connectivity index (χ0) is 12.8. The highest BCUT2D eigenvalue weighted by Gasteiger charge is 2.06. The quantitative estimate of drug-likeness (QED) is 0.562. The van der Waals surface area contributed by atoms with E-state index in [1.54, 1.807) is 29.7 Å². The third-order valence-corrected chi connectivity index (χ3v) is 3.17. The molecule has 94 valence electrons. The van der Waals surface area contributed by atoms with Crippen LogP contribution in [0.1, 0.15) is 16.1 Å². The van der Waals surface area contributed by atoms with E-state index >= 15 is 0 Å². The highest BCUT2D eigenvalue weighted by molar-refractivity contribution is 7.07. The summed E-state index contributed by atoms with van der Waals surface area (Å²) < 4.78 is 0. The smallest absolute Gasteiger partial charge is 0.269 e. The molecule has 0 aromatic carbocycles. The molecule has 2 heterocycles. The number of thiophene rings is 1. The largest absolute Gasteiger partial charge is 0.350 e. The number of hydrazine groups is 1. The van der Waals surface area contributed by atoms with Crippen molar-refractivity contribution in [2.45, 2.75) is 6.42 Å². The zero-order valence-corrected chi connectivity index (χ0v) is 10.5. The van der Waals surface area contributed by atoms with Crippen LogP contribution in [0.25, 0.3) is 0 Å². The van der Waals surface area contributed by atoms with E-state index in [0.717, 1.165) is 6.42 Å². The fraction of sp³-hybridized carbons (Fsp3) is 0.167. The Kier molecular flexibility index (Phi) is 4.27. The topological polar surface area (TPSA) is 80.0 Å². The van der Waals surface area contributed by atoms with E-state index in [0.29, 0.717) is 17.9 Å². The summed E-state index contributed by atoms with van der Waals surface area (Å²) in [5.41, 5.74) is 4.73. The fourth-order valence-electron chi connectivity index (χ4n) is 1.49. The molecule has 0 spiro atoms. The number of rotatable bonds is 5. The highest BCUT2D eigenvalue weighted by atomic mass is 32.1. The Morgan fingerprint density at radius 1 is 1.44 bits per heavy atom. The number of aromatic nitrogens is 1. The molecule has 6 heteroatoms. The van der Waals surface area contributed by atoms with Crippen molar-refractivity contribution in [2.75, 3.05) is 12.0 Å². The maximum atomic E-state index is 11.8. The number of nitrogens with zero attached hydrogens (tertiary/aromatic N) is 1. The van der Waals surface area contributed by atoms with Crippen LogP contribution >= 0.6 is 11.3 Å². The minimum Gasteiger partial charge on any atom is -0.350 e. The Bertz CT molecular complexity index is 513. The normalized spacial score (nSPS) is 10.1. The van der Waals surface area contributed by atoms with Crippen LogP contribution in [0.2, 0.25) is 0 Å². The number of nitrogen functional groups attached to an aromatic ring is 1. The molecule has 0 saturated heterocycles. The first kappa shape index (κ1) is 12.5. The number of nitrogens with one attached hydrogen (secondary N) is 2. The van der Waals surface area contributed by atoms with Crippen molar-refractivity contribution < 1.29 is 4.79 Å². The van der Waals surface area contributed by atoms with Gasteiger partial charge in [-0.25, -0.2) is 0 Å². The number of hydrogen-bond acceptors (Lipinski definition) is 5. The third-order valence-electron chi connectivity index (χ3n) is 2.44. The van der Waals surface area contributed by atoms with E-state index in [1.165, 1.54) is 5.56 Å². The standard InChI is InChI=1S/C12H14N4OS/c13-16-10-2-5-14-11(7-10)12(17)15-4-1-9-3-6-18-8-9/h2-3,5-8H,1,4,13H2,(H,14,16)(H,15,17). The molecule has 1 amide bonds. The van der Waals surface area contributed by atoms with Crippen molar-refractivity contribution in [3.8, 4) is 0 Å². The Morgan fingerprint density at radius 2 is 2.33 bits per heavy atom. The van der Waals surface area contributed by atoms with Crippen LogP contribution in [-0.4, -0.2) is 17.4 Å². The second-order valence-corrected chi connectivity index (χ2v) is 4.49. The number of anilines is 1. The average Bonchev–Trinajstić information content (AvgIpc) is 2.92. The van der Waals surface area contributed by atoms with Crippen LogP contribution in [-0.2, 0) is 6.42 Å². The van der Waals surface area contributed by atoms with Gasteiger partial charge in [0.1, 0.15) is 5.69 Å². The molecule has 0 fully saturated rings. The van der Waals surface area contributed by atoms with E-state index in [-0.39, 0.29) is 5.91 Å². The van der Waals surface area contributed by atoms with Gasteiger partial charge in [-0.15, -0.1) is 0 Å². The van der Waals surface area contributed by atoms with Gasteiger partial charge >= 0.3 is 0 Å². The molecule has 0 bridgehead atoms. The van der Waals surface area contributed by atoms with Gasteiger partial charge in [-0.3, -0.25) is 15.6 Å². The number of carbonyl (C=O) groups is 1. The summed E-state index contributed by atoms with van der Waals surface area (Å²) in [4.78, 5) is 15.8. The van der Waals surface area contributed by atoms with Crippen molar-refractivity contribution in [3.63, 3.8) is 0 Å². The van der Waals surface area contributed by atoms with Gasteiger partial charge in [-0.05, 0) is 40.9 Å². The number of amides is 1. The maximum Gasteiger partial charge on any atom is 0.269 e. The summed E-state index contributed by atoms with van der Waals surface area (Å²) in [6.45, 7) is 0.595. The Hall–Kier alpha value is -1.92. The summed E-state index contributed by atoms with van der Waals surface area (Å²) in [5, 5.41) is 6.92. The SMILES string of the molecule is NNc1ccnc(C(=O)NCCc2ccsc2)c1. The van der Waals surface area contributed by atoms with Crippen molar-refractivity contribution in [2.24, 2.45) is 5.84 Å². The number of hydrogen-bond donors (Lipinski definition) is 3. The van der Waals surface area contributed by atoms with Gasteiger partial charge in [0.15, 0.2) is 0 Å². The highest BCUT2D eigenvalue weighted by Crippen LogP contribution is 2.07. The minimum absolute atomic E-state index is 0.192. The Balaban J connectivity index is 1.87. The van der Waals surface area contributed by atoms with Gasteiger partial charge in [0.05, 0.1) is 5.69 Å². The first-order chi connectivity index (χ1) is 8.79. The lowest BCUT2D eigenvalue weighted by Gasteiger charge is -2.05. The summed E-state index contributed by atoms with van der Waals surface area (Å²) in [6.07, 6.45) is 2.37. The predicted molar refractivity (Wildman–Crippen MR) is 72.4 cm³/mol. The monoisotopic (exact) mass is 262 g/mol. The van der Waals surface area contributed by atoms with Gasteiger partial charge in [-0.1, -0.05) is 0 Å². The molecule has 0 unspecified atom stereocenters. The van der Waals surface area contributed by atoms with Crippen molar-refractivity contribution in [3.05, 3.63) is 46.4 Å². The molecule has 4 N–H and O–H groups in total. The van der Waals surface area contributed by atoms with Crippen molar-refractivity contribution in [1.82, 2.24) is 10.3 Å². The lowest BCUT2D eigenvalue weighted by molar-refractivity contribution is 0.0949. The van der Waals surface area contributed by atoms with Crippen molar-refractivity contribution in [1.29, 1.82) is 0 Å². The van der Waals surface area contributed by atoms with Gasteiger partial charge in [0.25, 0.3) is 5.91 Å². The molecule has 0 aliphatic heterocycles. The summed E-state index contributed by atoms with van der Waals surface area (Å²) in [5.74, 6) is 5.08. The average molecular weight is 262 g/mol. The zero-order valence-electron chi connectivity index (χ0n) is 9.72. The fourth-order valence-corrected chi connectivity index (χ4v) is 2.19. The van der Waals surface area contributed by atoms with Crippen LogP contribution in [0.5, 0.6) is 0 Å². The van der Waals surface area contributed by atoms with Gasteiger partial charge in [0, 0.05) is 12.7 Å². The molecule has 0 radical (unpaired) electrons. The lowest BCUT2D eigenvalue weighted by Crippen LogP contribution is -2.26. The van der Waals surface area contributed by atoms with Crippen LogP contribution in [0.15, 0.2) is 35.2 Å². The first-order valence-electron chi connectivity index (χ1n) is 5.51. The molecule has 0 aliphatic rings. The predicted octanol–water partition coefficient (Wildman–Crippen LogP) is 1.40. The molecule has 5 nitrogen and oxygen atoms in total. The number of nitrogens with two attached hydrogens (primary N) is 1. The van der Waals surface area contributed by atoms with Gasteiger partial charge in [0.2, 0.25) is 0 Å². The van der Waals surface area contributed by atoms with Crippen LogP contribution in [0.3, 0.4) is 0 Å². The Labute approximate surface area is 109 Å². The summed E-state index contributed by atoms with van der Waals surface area (Å²) in [7, 11) is 0. The second-order valence-electron chi connectivity index (χ2n) is 3.71.